The van der Waals surface area contributed by atoms with Gasteiger partial charge in [-0.05, 0) is 55.9 Å². The molecule has 0 aliphatic carbocycles. The van der Waals surface area contributed by atoms with Crippen LogP contribution in [0.4, 0.5) is 5.00 Å². The Kier molecular flexibility index (Phi) is 8.27. The predicted molar refractivity (Wildman–Crippen MR) is 140 cm³/mol. The molecule has 2 heterocycles. The summed E-state index contributed by atoms with van der Waals surface area (Å²) in [7, 11) is -0.570. The SMILES string of the molecule is Cc1nc2ccc(CN(C)c3ccc(C(=O)N[C@H](C(=O)O)C(=O)NCC[Si](C)(C)O)s3)cc2c(=O)[nH]1. The van der Waals surface area contributed by atoms with E-state index in [0.717, 1.165) is 21.9 Å². The summed E-state index contributed by atoms with van der Waals surface area (Å²) in [4.78, 5) is 67.8. The van der Waals surface area contributed by atoms with Gasteiger partial charge in [0.1, 0.15) is 5.82 Å². The third kappa shape index (κ3) is 6.99. The maximum Gasteiger partial charge on any atom is 0.336 e. The van der Waals surface area contributed by atoms with Crippen LogP contribution >= 0.6 is 11.3 Å². The van der Waals surface area contributed by atoms with Crippen LogP contribution in [0.5, 0.6) is 0 Å². The third-order valence-electron chi connectivity index (χ3n) is 5.32. The quantitative estimate of drug-likeness (QED) is 0.194. The van der Waals surface area contributed by atoms with Gasteiger partial charge in [0.2, 0.25) is 6.04 Å². The Morgan fingerprint density at radius 2 is 1.94 bits per heavy atom. The van der Waals surface area contributed by atoms with Crippen molar-refractivity contribution >= 4 is 53.3 Å². The lowest BCUT2D eigenvalue weighted by atomic mass is 10.1. The van der Waals surface area contributed by atoms with Gasteiger partial charge in [0.05, 0.1) is 20.8 Å². The van der Waals surface area contributed by atoms with Gasteiger partial charge in [-0.1, -0.05) is 6.07 Å². The Morgan fingerprint density at radius 3 is 2.61 bits per heavy atom. The van der Waals surface area contributed by atoms with E-state index in [0.29, 0.717) is 29.3 Å². The number of nitrogens with zero attached hydrogens (tertiary/aromatic N) is 2. The zero-order chi connectivity index (χ0) is 26.6. The molecule has 5 N–H and O–H groups in total. The van der Waals surface area contributed by atoms with Crippen molar-refractivity contribution in [3.8, 4) is 0 Å². The zero-order valence-electron chi connectivity index (χ0n) is 20.4. The second-order valence-electron chi connectivity index (χ2n) is 9.09. The highest BCUT2D eigenvalue weighted by Gasteiger charge is 2.29. The Labute approximate surface area is 212 Å². The molecule has 3 rings (SSSR count). The number of carboxylic acid groups (broad SMARTS) is 1. The van der Waals surface area contributed by atoms with E-state index < -0.39 is 32.1 Å². The van der Waals surface area contributed by atoms with Crippen LogP contribution in [0, 0.1) is 6.92 Å². The predicted octanol–water partition coefficient (Wildman–Crippen LogP) is 1.43. The van der Waals surface area contributed by atoms with Gasteiger partial charge in [-0.25, -0.2) is 9.78 Å². The van der Waals surface area contributed by atoms with Crippen molar-refractivity contribution in [3.05, 3.63) is 57.0 Å². The number of carbonyl (C=O) groups excluding carboxylic acids is 2. The van der Waals surface area contributed by atoms with Crippen molar-refractivity contribution < 1.29 is 24.3 Å². The van der Waals surface area contributed by atoms with Gasteiger partial charge in [-0.15, -0.1) is 11.3 Å². The second-order valence-corrected chi connectivity index (χ2v) is 14.3. The maximum atomic E-state index is 12.7. The number of carbonyl (C=O) groups is 3. The number of anilines is 1. The number of aliphatic carboxylic acids is 1. The molecule has 0 spiro atoms. The molecule has 1 atom stereocenters. The smallest absolute Gasteiger partial charge is 0.336 e. The summed E-state index contributed by atoms with van der Waals surface area (Å²) < 4.78 is 0. The lowest BCUT2D eigenvalue weighted by molar-refractivity contribution is -0.143. The van der Waals surface area contributed by atoms with E-state index >= 15 is 0 Å². The van der Waals surface area contributed by atoms with Crippen LogP contribution < -0.4 is 21.1 Å². The number of aromatic amines is 1. The zero-order valence-corrected chi connectivity index (χ0v) is 22.2. The molecule has 0 saturated heterocycles. The fourth-order valence-electron chi connectivity index (χ4n) is 3.44. The molecule has 1 aromatic carbocycles. The molecule has 3 aromatic rings. The average Bonchev–Trinajstić information content (AvgIpc) is 3.27. The van der Waals surface area contributed by atoms with Crippen molar-refractivity contribution in [2.24, 2.45) is 0 Å². The minimum Gasteiger partial charge on any atom is -0.479 e. The van der Waals surface area contributed by atoms with Crippen LogP contribution in [0.25, 0.3) is 10.9 Å². The number of aromatic nitrogens is 2. The molecule has 36 heavy (non-hydrogen) atoms. The van der Waals surface area contributed by atoms with E-state index in [9.17, 15) is 29.1 Å². The fourth-order valence-corrected chi connectivity index (χ4v) is 5.05. The van der Waals surface area contributed by atoms with Crippen molar-refractivity contribution in [3.63, 3.8) is 0 Å². The highest BCUT2D eigenvalue weighted by Crippen LogP contribution is 2.27. The van der Waals surface area contributed by atoms with Crippen LogP contribution in [0.15, 0.2) is 35.1 Å². The average molecular weight is 532 g/mol. The van der Waals surface area contributed by atoms with E-state index in [-0.39, 0.29) is 17.0 Å². The molecule has 0 unspecified atom stereocenters. The summed E-state index contributed by atoms with van der Waals surface area (Å²) in [6.45, 7) is 5.71. The molecule has 13 heteroatoms. The second kappa shape index (κ2) is 11.0. The van der Waals surface area contributed by atoms with E-state index in [4.69, 9.17) is 0 Å². The fraction of sp³-hybridized carbons (Fsp3) is 0.348. The number of nitrogens with one attached hydrogen (secondary N) is 3. The Morgan fingerprint density at radius 1 is 1.22 bits per heavy atom. The third-order valence-corrected chi connectivity index (χ3v) is 7.99. The molecule has 0 aliphatic rings. The van der Waals surface area contributed by atoms with E-state index in [1.807, 2.05) is 18.0 Å². The molecular formula is C23H29N5O6SSi. The molecule has 0 saturated carbocycles. The molecule has 0 bridgehead atoms. The number of H-pyrrole nitrogens is 1. The number of rotatable bonds is 10. The molecular weight excluding hydrogens is 502 g/mol. The lowest BCUT2D eigenvalue weighted by Gasteiger charge is -2.18. The molecule has 2 aromatic heterocycles. The highest BCUT2D eigenvalue weighted by atomic mass is 32.1. The van der Waals surface area contributed by atoms with E-state index in [1.165, 1.54) is 0 Å². The summed E-state index contributed by atoms with van der Waals surface area (Å²) in [5.41, 5.74) is 1.27. The number of benzene rings is 1. The summed E-state index contributed by atoms with van der Waals surface area (Å²) in [6.07, 6.45) is 0. The van der Waals surface area contributed by atoms with Crippen LogP contribution in [0.3, 0.4) is 0 Å². The summed E-state index contributed by atoms with van der Waals surface area (Å²) >= 11 is 1.15. The molecule has 0 radical (unpaired) electrons. The Hall–Kier alpha value is -3.55. The highest BCUT2D eigenvalue weighted by molar-refractivity contribution is 7.18. The summed E-state index contributed by atoms with van der Waals surface area (Å²) in [6, 6.07) is 7.33. The first kappa shape index (κ1) is 27.0. The number of hydrogen-bond donors (Lipinski definition) is 5. The van der Waals surface area contributed by atoms with Crippen LogP contribution in [-0.4, -0.2) is 65.6 Å². The first-order valence-electron chi connectivity index (χ1n) is 11.2. The van der Waals surface area contributed by atoms with Gasteiger partial charge in [0.15, 0.2) is 8.32 Å². The molecule has 0 fully saturated rings. The Bertz CT molecular complexity index is 1350. The van der Waals surface area contributed by atoms with Crippen molar-refractivity contribution in [2.45, 2.75) is 38.6 Å². The standard InChI is InChI=1S/C23H29N5O6SSi/c1-13-25-16-6-5-14(11-15(16)20(29)26-13)12-28(2)18-8-7-17(35-18)21(30)27-19(23(32)33)22(31)24-9-10-36(3,4)34/h5-8,11,19,34H,9-10,12H2,1-4H3,(H,24,31)(H,27,30)(H,32,33)(H,25,26,29)/t19-/m0/s1. The van der Waals surface area contributed by atoms with Crippen molar-refractivity contribution in [2.75, 3.05) is 18.5 Å². The normalized spacial score (nSPS) is 12.2. The van der Waals surface area contributed by atoms with E-state index in [1.54, 1.807) is 44.3 Å². The van der Waals surface area contributed by atoms with Gasteiger partial charge in [-0.2, -0.15) is 0 Å². The topological polar surface area (TPSA) is 165 Å². The minimum absolute atomic E-state index is 0.123. The number of carboxylic acids is 1. The first-order valence-corrected chi connectivity index (χ1v) is 15.2. The van der Waals surface area contributed by atoms with Crippen molar-refractivity contribution in [1.29, 1.82) is 0 Å². The number of amides is 2. The van der Waals surface area contributed by atoms with Gasteiger partial charge in [0, 0.05) is 20.1 Å². The first-order chi connectivity index (χ1) is 16.8. The van der Waals surface area contributed by atoms with Gasteiger partial charge >= 0.3 is 5.97 Å². The Balaban J connectivity index is 1.65. The number of hydrogen-bond acceptors (Lipinski definition) is 8. The van der Waals surface area contributed by atoms with Crippen LogP contribution in [0.2, 0.25) is 19.1 Å². The maximum absolute atomic E-state index is 12.7. The van der Waals surface area contributed by atoms with Crippen LogP contribution in [0.1, 0.15) is 21.1 Å². The molecule has 2 amide bonds. The number of fused-ring (bicyclic) bond motifs is 1. The largest absolute Gasteiger partial charge is 0.479 e. The van der Waals surface area contributed by atoms with Gasteiger partial charge in [0.25, 0.3) is 17.4 Å². The monoisotopic (exact) mass is 531 g/mol. The number of aryl methyl sites for hydroxylation is 1. The summed E-state index contributed by atoms with van der Waals surface area (Å²) in [5.74, 6) is -2.47. The van der Waals surface area contributed by atoms with Gasteiger partial charge in [-0.3, -0.25) is 14.4 Å². The number of thiophene rings is 1. The molecule has 0 aliphatic heterocycles. The lowest BCUT2D eigenvalue weighted by Crippen LogP contribution is -2.52. The minimum atomic E-state index is -2.40. The summed E-state index contributed by atoms with van der Waals surface area (Å²) in [5, 5.41) is 15.4. The molecule has 192 valence electrons. The van der Waals surface area contributed by atoms with E-state index in [2.05, 4.69) is 20.6 Å². The molecule has 11 nitrogen and oxygen atoms in total. The van der Waals surface area contributed by atoms with Crippen molar-refractivity contribution in [1.82, 2.24) is 20.6 Å². The van der Waals surface area contributed by atoms with Gasteiger partial charge < -0.3 is 30.4 Å². The van der Waals surface area contributed by atoms with Crippen LogP contribution in [-0.2, 0) is 16.1 Å².